The Kier molecular flexibility index (Phi) is 5.65. The number of benzene rings is 2. The highest BCUT2D eigenvalue weighted by molar-refractivity contribution is 5.73. The Hall–Kier alpha value is -3.42. The first-order chi connectivity index (χ1) is 13.0. The predicted molar refractivity (Wildman–Crippen MR) is 99.5 cm³/mol. The number of nitrogens with zero attached hydrogens (tertiary/aromatic N) is 3. The van der Waals surface area contributed by atoms with Crippen molar-refractivity contribution in [3.63, 3.8) is 0 Å². The lowest BCUT2D eigenvalue weighted by molar-refractivity contribution is 0.240. The van der Waals surface area contributed by atoms with Gasteiger partial charge in [-0.2, -0.15) is 0 Å². The summed E-state index contributed by atoms with van der Waals surface area (Å²) in [6.07, 6.45) is 0. The van der Waals surface area contributed by atoms with Crippen molar-refractivity contribution in [1.29, 1.82) is 0 Å². The van der Waals surface area contributed by atoms with Gasteiger partial charge >= 0.3 is 11.7 Å². The standard InChI is InChI=1S/C19H20FN5O2/c1-24-17(15-7-9-16(20)10-8-15)23-25(19(24)27)12-11-21-18(26)22-13-14-5-3-2-4-6-14/h2-10H,11-13H2,1H3,(H2,21,22,26). The number of hydrogen-bond donors (Lipinski definition) is 2. The van der Waals surface area contributed by atoms with Crippen LogP contribution >= 0.6 is 0 Å². The zero-order chi connectivity index (χ0) is 19.2. The highest BCUT2D eigenvalue weighted by atomic mass is 19.1. The Balaban J connectivity index is 1.55. The third-order valence-corrected chi connectivity index (χ3v) is 4.05. The number of nitrogens with one attached hydrogen (secondary N) is 2. The van der Waals surface area contributed by atoms with Gasteiger partial charge in [0, 0.05) is 25.7 Å². The number of halogens is 1. The fourth-order valence-electron chi connectivity index (χ4n) is 2.60. The quantitative estimate of drug-likeness (QED) is 0.696. The molecule has 0 unspecified atom stereocenters. The van der Waals surface area contributed by atoms with E-state index in [2.05, 4.69) is 15.7 Å². The molecule has 0 atom stereocenters. The van der Waals surface area contributed by atoms with Crippen molar-refractivity contribution in [2.45, 2.75) is 13.1 Å². The van der Waals surface area contributed by atoms with Crippen LogP contribution in [0.1, 0.15) is 5.56 Å². The number of carbonyl (C=O) groups is 1. The van der Waals surface area contributed by atoms with Crippen LogP contribution in [0.4, 0.5) is 9.18 Å². The maximum Gasteiger partial charge on any atom is 0.345 e. The number of rotatable bonds is 6. The van der Waals surface area contributed by atoms with E-state index < -0.39 is 0 Å². The van der Waals surface area contributed by atoms with E-state index in [0.717, 1.165) is 5.56 Å². The number of carbonyl (C=O) groups excluding carboxylic acids is 1. The van der Waals surface area contributed by atoms with Gasteiger partial charge in [0.1, 0.15) is 5.82 Å². The zero-order valence-corrected chi connectivity index (χ0v) is 14.9. The van der Waals surface area contributed by atoms with Gasteiger partial charge in [0.2, 0.25) is 0 Å². The van der Waals surface area contributed by atoms with Crippen LogP contribution in [0.3, 0.4) is 0 Å². The second-order valence-electron chi connectivity index (χ2n) is 5.99. The molecule has 0 bridgehead atoms. The van der Waals surface area contributed by atoms with E-state index in [-0.39, 0.29) is 30.6 Å². The van der Waals surface area contributed by atoms with Crippen LogP contribution in [0.2, 0.25) is 0 Å². The van der Waals surface area contributed by atoms with Crippen LogP contribution in [0.25, 0.3) is 11.4 Å². The Morgan fingerprint density at radius 3 is 2.48 bits per heavy atom. The minimum atomic E-state index is -0.353. The van der Waals surface area contributed by atoms with E-state index in [1.165, 1.54) is 21.4 Å². The smallest absolute Gasteiger partial charge is 0.336 e. The van der Waals surface area contributed by atoms with Gasteiger partial charge in [-0.25, -0.2) is 18.7 Å². The average Bonchev–Trinajstić information content (AvgIpc) is 2.96. The van der Waals surface area contributed by atoms with Crippen LogP contribution < -0.4 is 16.3 Å². The molecule has 3 rings (SSSR count). The van der Waals surface area contributed by atoms with Crippen molar-refractivity contribution in [3.05, 3.63) is 76.5 Å². The Labute approximate surface area is 155 Å². The minimum Gasteiger partial charge on any atom is -0.336 e. The summed E-state index contributed by atoms with van der Waals surface area (Å²) in [4.78, 5) is 24.1. The Morgan fingerprint density at radius 1 is 1.07 bits per heavy atom. The highest BCUT2D eigenvalue weighted by Gasteiger charge is 2.12. The van der Waals surface area contributed by atoms with Gasteiger partial charge in [-0.3, -0.25) is 4.57 Å². The van der Waals surface area contributed by atoms with Crippen LogP contribution in [-0.4, -0.2) is 26.9 Å². The predicted octanol–water partition coefficient (Wildman–Crippen LogP) is 1.89. The summed E-state index contributed by atoms with van der Waals surface area (Å²) in [5.41, 5.74) is 1.33. The number of amides is 2. The Bertz CT molecular complexity index is 964. The van der Waals surface area contributed by atoms with Crippen molar-refractivity contribution in [1.82, 2.24) is 25.0 Å². The maximum absolute atomic E-state index is 13.1. The second kappa shape index (κ2) is 8.31. The molecule has 2 N–H and O–H groups in total. The van der Waals surface area contributed by atoms with E-state index >= 15 is 0 Å². The lowest BCUT2D eigenvalue weighted by Crippen LogP contribution is -2.38. The summed E-state index contributed by atoms with van der Waals surface area (Å²) >= 11 is 0. The van der Waals surface area contributed by atoms with E-state index in [4.69, 9.17) is 0 Å². The lowest BCUT2D eigenvalue weighted by atomic mass is 10.2. The second-order valence-corrected chi connectivity index (χ2v) is 5.99. The summed E-state index contributed by atoms with van der Waals surface area (Å²) in [5.74, 6) is 0.0856. The molecule has 0 aliphatic carbocycles. The van der Waals surface area contributed by atoms with Crippen LogP contribution in [-0.2, 0) is 20.1 Å². The van der Waals surface area contributed by atoms with Gasteiger partial charge in [0.25, 0.3) is 0 Å². The van der Waals surface area contributed by atoms with E-state index in [1.54, 1.807) is 19.2 Å². The lowest BCUT2D eigenvalue weighted by Gasteiger charge is -2.07. The molecule has 0 saturated heterocycles. The molecule has 0 spiro atoms. The van der Waals surface area contributed by atoms with E-state index in [0.29, 0.717) is 17.9 Å². The van der Waals surface area contributed by atoms with Crippen molar-refractivity contribution in [3.8, 4) is 11.4 Å². The molecule has 2 amide bonds. The first-order valence-electron chi connectivity index (χ1n) is 8.50. The molecule has 140 valence electrons. The molecule has 3 aromatic rings. The third kappa shape index (κ3) is 4.60. The fraction of sp³-hybridized carbons (Fsp3) is 0.211. The molecule has 7 nitrogen and oxygen atoms in total. The number of urea groups is 1. The van der Waals surface area contributed by atoms with Crippen molar-refractivity contribution >= 4 is 6.03 Å². The molecule has 0 radical (unpaired) electrons. The van der Waals surface area contributed by atoms with Crippen LogP contribution in [0, 0.1) is 5.82 Å². The molecular formula is C19H20FN5O2. The van der Waals surface area contributed by atoms with Gasteiger partial charge in [-0.05, 0) is 29.8 Å². The molecule has 8 heteroatoms. The average molecular weight is 369 g/mol. The monoisotopic (exact) mass is 369 g/mol. The van der Waals surface area contributed by atoms with Crippen molar-refractivity contribution in [2.75, 3.05) is 6.54 Å². The molecule has 27 heavy (non-hydrogen) atoms. The number of aromatic nitrogens is 3. The van der Waals surface area contributed by atoms with Crippen LogP contribution in [0.15, 0.2) is 59.4 Å². The summed E-state index contributed by atoms with van der Waals surface area (Å²) in [6.45, 7) is 0.901. The molecule has 0 aliphatic rings. The van der Waals surface area contributed by atoms with Gasteiger partial charge in [-0.1, -0.05) is 30.3 Å². The third-order valence-electron chi connectivity index (χ3n) is 4.05. The molecule has 0 aliphatic heterocycles. The molecule has 2 aromatic carbocycles. The van der Waals surface area contributed by atoms with Gasteiger partial charge < -0.3 is 10.6 Å². The largest absolute Gasteiger partial charge is 0.345 e. The summed E-state index contributed by atoms with van der Waals surface area (Å²) in [6, 6.07) is 15.0. The summed E-state index contributed by atoms with van der Waals surface area (Å²) in [7, 11) is 1.60. The van der Waals surface area contributed by atoms with E-state index in [1.807, 2.05) is 30.3 Å². The SMILES string of the molecule is Cn1c(-c2ccc(F)cc2)nn(CCNC(=O)NCc2ccccc2)c1=O. The van der Waals surface area contributed by atoms with Crippen molar-refractivity contribution < 1.29 is 9.18 Å². The Morgan fingerprint density at radius 2 is 1.78 bits per heavy atom. The van der Waals surface area contributed by atoms with E-state index in [9.17, 15) is 14.0 Å². The molecule has 0 saturated carbocycles. The van der Waals surface area contributed by atoms with Gasteiger partial charge in [0.05, 0.1) is 6.54 Å². The first-order valence-corrected chi connectivity index (χ1v) is 8.50. The van der Waals surface area contributed by atoms with Gasteiger partial charge in [0.15, 0.2) is 5.82 Å². The normalized spacial score (nSPS) is 10.6. The van der Waals surface area contributed by atoms with Crippen molar-refractivity contribution in [2.24, 2.45) is 7.05 Å². The molecule has 1 aromatic heterocycles. The number of hydrogen-bond acceptors (Lipinski definition) is 3. The maximum atomic E-state index is 13.1. The summed E-state index contributed by atoms with van der Waals surface area (Å²) < 4.78 is 15.7. The fourth-order valence-corrected chi connectivity index (χ4v) is 2.60. The topological polar surface area (TPSA) is 81.0 Å². The van der Waals surface area contributed by atoms with Crippen LogP contribution in [0.5, 0.6) is 0 Å². The minimum absolute atomic E-state index is 0.229. The highest BCUT2D eigenvalue weighted by Crippen LogP contribution is 2.15. The molecular weight excluding hydrogens is 349 g/mol. The molecule has 0 fully saturated rings. The molecule has 1 heterocycles. The van der Waals surface area contributed by atoms with Gasteiger partial charge in [-0.15, -0.1) is 5.10 Å². The summed E-state index contributed by atoms with van der Waals surface area (Å²) in [5, 5.41) is 9.72. The zero-order valence-electron chi connectivity index (χ0n) is 14.9. The first kappa shape index (κ1) is 18.4.